The van der Waals surface area contributed by atoms with Crippen LogP contribution in [0.1, 0.15) is 11.6 Å². The van der Waals surface area contributed by atoms with Gasteiger partial charge in [-0.2, -0.15) is 5.48 Å². The van der Waals surface area contributed by atoms with Gasteiger partial charge < -0.3 is 10.3 Å². The van der Waals surface area contributed by atoms with Crippen LogP contribution in [0.3, 0.4) is 0 Å². The minimum absolute atomic E-state index is 0.199. The minimum atomic E-state index is -0.520. The number of aliphatic hydroxyl groups is 1. The molecular formula is C8H9BrClNO2. The molecule has 0 aliphatic rings. The first kappa shape index (κ1) is 10.9. The molecule has 0 unspecified atom stereocenters. The quantitative estimate of drug-likeness (QED) is 0.735. The lowest BCUT2D eigenvalue weighted by Gasteiger charge is -2.14. The average Bonchev–Trinajstić information content (AvgIpc) is 2.13. The summed E-state index contributed by atoms with van der Waals surface area (Å²) in [5.41, 5.74) is 2.72. The summed E-state index contributed by atoms with van der Waals surface area (Å²) in [5.74, 6) is 0. The molecule has 1 aromatic carbocycles. The van der Waals surface area contributed by atoms with E-state index in [2.05, 4.69) is 15.9 Å². The van der Waals surface area contributed by atoms with E-state index in [0.717, 1.165) is 10.0 Å². The molecule has 0 aromatic heterocycles. The topological polar surface area (TPSA) is 52.5 Å². The van der Waals surface area contributed by atoms with Crippen LogP contribution in [0, 0.1) is 0 Å². The Balaban J connectivity index is 3.03. The maximum atomic E-state index is 8.91. The minimum Gasteiger partial charge on any atom is -0.394 e. The molecule has 13 heavy (non-hydrogen) atoms. The van der Waals surface area contributed by atoms with E-state index in [1.54, 1.807) is 18.2 Å². The third kappa shape index (κ3) is 2.65. The first-order valence-electron chi connectivity index (χ1n) is 3.64. The summed E-state index contributed by atoms with van der Waals surface area (Å²) in [5, 5.41) is 18.2. The Morgan fingerprint density at radius 1 is 1.54 bits per heavy atom. The Morgan fingerprint density at radius 2 is 2.23 bits per heavy atom. The highest BCUT2D eigenvalue weighted by Crippen LogP contribution is 2.26. The Hall–Kier alpha value is -0.130. The Labute approximate surface area is 89.4 Å². The van der Waals surface area contributed by atoms with Crippen LogP contribution in [0.15, 0.2) is 22.7 Å². The van der Waals surface area contributed by atoms with Gasteiger partial charge in [-0.25, -0.2) is 0 Å². The number of hydroxylamine groups is 1. The average molecular weight is 267 g/mol. The van der Waals surface area contributed by atoms with Crippen molar-refractivity contribution < 1.29 is 10.3 Å². The molecule has 0 bridgehead atoms. The Kier molecular flexibility index (Phi) is 4.15. The van der Waals surface area contributed by atoms with E-state index >= 15 is 0 Å². The van der Waals surface area contributed by atoms with Crippen molar-refractivity contribution in [3.8, 4) is 0 Å². The number of aliphatic hydroxyl groups excluding tert-OH is 1. The second kappa shape index (κ2) is 4.93. The molecule has 0 heterocycles. The Morgan fingerprint density at radius 3 is 2.77 bits per heavy atom. The highest BCUT2D eigenvalue weighted by atomic mass is 79.9. The lowest BCUT2D eigenvalue weighted by molar-refractivity contribution is 0.0903. The van der Waals surface area contributed by atoms with E-state index in [-0.39, 0.29) is 6.61 Å². The van der Waals surface area contributed by atoms with Gasteiger partial charge in [-0.15, -0.1) is 0 Å². The molecule has 5 heteroatoms. The molecule has 0 saturated carbocycles. The second-order valence-electron chi connectivity index (χ2n) is 2.53. The molecule has 1 atom stereocenters. The van der Waals surface area contributed by atoms with Crippen LogP contribution < -0.4 is 5.48 Å². The zero-order chi connectivity index (χ0) is 9.84. The van der Waals surface area contributed by atoms with E-state index in [4.69, 9.17) is 21.9 Å². The summed E-state index contributed by atoms with van der Waals surface area (Å²) in [4.78, 5) is 0. The monoisotopic (exact) mass is 265 g/mol. The predicted molar refractivity (Wildman–Crippen MR) is 53.9 cm³/mol. The maximum Gasteiger partial charge on any atom is 0.0811 e. The lowest BCUT2D eigenvalue weighted by atomic mass is 10.1. The molecule has 0 aliphatic heterocycles. The molecule has 1 rings (SSSR count). The van der Waals surface area contributed by atoms with Crippen molar-refractivity contribution in [3.63, 3.8) is 0 Å². The fourth-order valence-electron chi connectivity index (χ4n) is 0.990. The van der Waals surface area contributed by atoms with Crippen molar-refractivity contribution in [2.75, 3.05) is 6.61 Å². The number of benzene rings is 1. The number of hydrogen-bond acceptors (Lipinski definition) is 3. The van der Waals surface area contributed by atoms with Gasteiger partial charge in [0, 0.05) is 9.50 Å². The van der Waals surface area contributed by atoms with Crippen LogP contribution >= 0.6 is 27.5 Å². The predicted octanol–water partition coefficient (Wildman–Crippen LogP) is 2.11. The third-order valence-electron chi connectivity index (χ3n) is 1.67. The summed E-state index contributed by atoms with van der Waals surface area (Å²) in [6.07, 6.45) is 0. The zero-order valence-corrected chi connectivity index (χ0v) is 9.01. The number of hydrogen-bond donors (Lipinski definition) is 3. The Bertz CT molecular complexity index is 291. The fourth-order valence-corrected chi connectivity index (χ4v) is 1.69. The molecule has 3 N–H and O–H groups in total. The fraction of sp³-hybridized carbons (Fsp3) is 0.250. The van der Waals surface area contributed by atoms with Gasteiger partial charge in [0.2, 0.25) is 0 Å². The van der Waals surface area contributed by atoms with E-state index < -0.39 is 6.04 Å². The highest BCUT2D eigenvalue weighted by Gasteiger charge is 2.12. The van der Waals surface area contributed by atoms with Gasteiger partial charge >= 0.3 is 0 Å². The van der Waals surface area contributed by atoms with Gasteiger partial charge in [0.1, 0.15) is 0 Å². The molecule has 0 saturated heterocycles. The number of nitrogens with one attached hydrogen (secondary N) is 1. The van der Waals surface area contributed by atoms with Crippen LogP contribution in [0.4, 0.5) is 0 Å². The summed E-state index contributed by atoms with van der Waals surface area (Å²) < 4.78 is 0.789. The molecule has 72 valence electrons. The van der Waals surface area contributed by atoms with Gasteiger partial charge in [0.15, 0.2) is 0 Å². The molecule has 0 spiro atoms. The van der Waals surface area contributed by atoms with Gasteiger partial charge in [-0.05, 0) is 23.8 Å². The molecule has 1 aromatic rings. The second-order valence-corrected chi connectivity index (χ2v) is 3.82. The maximum absolute atomic E-state index is 8.91. The largest absolute Gasteiger partial charge is 0.394 e. The van der Waals surface area contributed by atoms with Crippen LogP contribution in [0.5, 0.6) is 0 Å². The van der Waals surface area contributed by atoms with Crippen molar-refractivity contribution in [2.45, 2.75) is 6.04 Å². The van der Waals surface area contributed by atoms with Crippen molar-refractivity contribution in [1.29, 1.82) is 0 Å². The van der Waals surface area contributed by atoms with E-state index in [1.807, 2.05) is 5.48 Å². The molecule has 3 nitrogen and oxygen atoms in total. The summed E-state index contributed by atoms with van der Waals surface area (Å²) >= 11 is 9.05. The first-order chi connectivity index (χ1) is 6.19. The summed E-state index contributed by atoms with van der Waals surface area (Å²) in [6, 6.07) is 4.64. The summed E-state index contributed by atoms with van der Waals surface area (Å²) in [6.45, 7) is -0.199. The van der Waals surface area contributed by atoms with E-state index in [9.17, 15) is 0 Å². The SMILES string of the molecule is OC[C@@H](NO)c1cc(Cl)ccc1Br. The molecule has 0 radical (unpaired) electrons. The summed E-state index contributed by atoms with van der Waals surface area (Å²) in [7, 11) is 0. The smallest absolute Gasteiger partial charge is 0.0811 e. The molecular weight excluding hydrogens is 257 g/mol. The van der Waals surface area contributed by atoms with Crippen LogP contribution in [0.2, 0.25) is 5.02 Å². The van der Waals surface area contributed by atoms with Gasteiger partial charge in [-0.3, -0.25) is 0 Å². The van der Waals surface area contributed by atoms with Gasteiger partial charge in [0.25, 0.3) is 0 Å². The molecule has 0 aliphatic carbocycles. The molecule has 0 fully saturated rings. The van der Waals surface area contributed by atoms with Crippen LogP contribution in [-0.4, -0.2) is 16.9 Å². The zero-order valence-electron chi connectivity index (χ0n) is 6.67. The lowest BCUT2D eigenvalue weighted by Crippen LogP contribution is -2.20. The van der Waals surface area contributed by atoms with E-state index in [0.29, 0.717) is 5.02 Å². The van der Waals surface area contributed by atoms with Gasteiger partial charge in [-0.1, -0.05) is 27.5 Å². The highest BCUT2D eigenvalue weighted by molar-refractivity contribution is 9.10. The van der Waals surface area contributed by atoms with Crippen molar-refractivity contribution in [2.24, 2.45) is 0 Å². The van der Waals surface area contributed by atoms with Crippen molar-refractivity contribution >= 4 is 27.5 Å². The van der Waals surface area contributed by atoms with Crippen molar-refractivity contribution in [3.05, 3.63) is 33.3 Å². The van der Waals surface area contributed by atoms with Crippen LogP contribution in [-0.2, 0) is 0 Å². The number of halogens is 2. The normalized spacial score (nSPS) is 12.9. The number of rotatable bonds is 3. The van der Waals surface area contributed by atoms with Crippen LogP contribution in [0.25, 0.3) is 0 Å². The first-order valence-corrected chi connectivity index (χ1v) is 4.81. The van der Waals surface area contributed by atoms with Gasteiger partial charge in [0.05, 0.1) is 12.6 Å². The standard InChI is InChI=1S/C8H9BrClNO2/c9-7-2-1-5(10)3-6(7)8(4-12)11-13/h1-3,8,11-13H,4H2/t8-/m1/s1. The molecule has 0 amide bonds. The van der Waals surface area contributed by atoms with Crippen molar-refractivity contribution in [1.82, 2.24) is 5.48 Å². The van der Waals surface area contributed by atoms with E-state index in [1.165, 1.54) is 0 Å². The third-order valence-corrected chi connectivity index (χ3v) is 2.63.